The van der Waals surface area contributed by atoms with Gasteiger partial charge in [0.05, 0.1) is 12.7 Å². The van der Waals surface area contributed by atoms with Crippen LogP contribution in [0.5, 0.6) is 5.75 Å². The Balaban J connectivity index is 1.84. The van der Waals surface area contributed by atoms with Crippen molar-refractivity contribution in [3.8, 4) is 5.75 Å². The van der Waals surface area contributed by atoms with Crippen LogP contribution < -0.4 is 15.8 Å². The highest BCUT2D eigenvalue weighted by molar-refractivity contribution is 5.92. The van der Waals surface area contributed by atoms with Crippen LogP contribution in [0.2, 0.25) is 0 Å². The van der Waals surface area contributed by atoms with E-state index in [0.717, 1.165) is 5.56 Å². The van der Waals surface area contributed by atoms with Gasteiger partial charge in [-0.2, -0.15) is 0 Å². The fraction of sp³-hybridized carbons (Fsp3) is 0.222. The van der Waals surface area contributed by atoms with Gasteiger partial charge < -0.3 is 20.5 Å². The number of carbonyl (C=O) groups excluding carboxylic acids is 1. The van der Waals surface area contributed by atoms with E-state index in [4.69, 9.17) is 5.73 Å². The summed E-state index contributed by atoms with van der Waals surface area (Å²) in [5.74, 6) is -0.593. The summed E-state index contributed by atoms with van der Waals surface area (Å²) in [5.41, 5.74) is 7.67. The molecular weight excluding hydrogens is 363 g/mol. The molecule has 0 aliphatic carbocycles. The summed E-state index contributed by atoms with van der Waals surface area (Å²) in [6, 6.07) is 12.1. The fourth-order valence-corrected chi connectivity index (χ4v) is 2.16. The van der Waals surface area contributed by atoms with Gasteiger partial charge in [-0.15, -0.1) is 13.2 Å². The Kier molecular flexibility index (Phi) is 6.64. The molecule has 27 heavy (non-hydrogen) atoms. The standard InChI is InChI=1S/C18H18F3N3O3/c1-26-16(25)13-4-2-12(3-5-13)10-11-23-17(22)24-14-6-8-15(9-7-14)27-18(19,20)21/h2-9H,10-11H2,1H3,(H3,22,23,24). The zero-order valence-corrected chi connectivity index (χ0v) is 14.4. The minimum atomic E-state index is -4.73. The van der Waals surface area contributed by atoms with Crippen molar-refractivity contribution in [3.05, 3.63) is 59.7 Å². The van der Waals surface area contributed by atoms with Crippen LogP contribution in [0, 0.1) is 0 Å². The van der Waals surface area contributed by atoms with Crippen molar-refractivity contribution in [1.29, 1.82) is 0 Å². The van der Waals surface area contributed by atoms with E-state index in [2.05, 4.69) is 19.8 Å². The molecule has 3 N–H and O–H groups in total. The predicted octanol–water partition coefficient (Wildman–Crippen LogP) is 3.34. The molecule has 6 nitrogen and oxygen atoms in total. The Morgan fingerprint density at radius 1 is 1.11 bits per heavy atom. The zero-order valence-electron chi connectivity index (χ0n) is 14.4. The van der Waals surface area contributed by atoms with Crippen molar-refractivity contribution in [2.24, 2.45) is 10.7 Å². The Morgan fingerprint density at radius 2 is 1.74 bits per heavy atom. The number of halogens is 3. The van der Waals surface area contributed by atoms with Gasteiger partial charge in [0.2, 0.25) is 0 Å². The van der Waals surface area contributed by atoms with Crippen molar-refractivity contribution in [3.63, 3.8) is 0 Å². The summed E-state index contributed by atoms with van der Waals surface area (Å²) >= 11 is 0. The molecule has 144 valence electrons. The smallest absolute Gasteiger partial charge is 0.465 e. The lowest BCUT2D eigenvalue weighted by atomic mass is 10.1. The number of rotatable bonds is 6. The quantitative estimate of drug-likeness (QED) is 0.455. The van der Waals surface area contributed by atoms with Crippen LogP contribution in [0.1, 0.15) is 15.9 Å². The van der Waals surface area contributed by atoms with E-state index in [9.17, 15) is 18.0 Å². The van der Waals surface area contributed by atoms with E-state index in [-0.39, 0.29) is 11.7 Å². The van der Waals surface area contributed by atoms with Crippen LogP contribution in [0.3, 0.4) is 0 Å². The molecule has 0 spiro atoms. The number of methoxy groups -OCH3 is 1. The van der Waals surface area contributed by atoms with E-state index in [0.29, 0.717) is 24.2 Å². The van der Waals surface area contributed by atoms with Gasteiger partial charge in [0.25, 0.3) is 0 Å². The van der Waals surface area contributed by atoms with Crippen molar-refractivity contribution in [2.75, 3.05) is 19.0 Å². The fourth-order valence-electron chi connectivity index (χ4n) is 2.16. The Morgan fingerprint density at radius 3 is 2.30 bits per heavy atom. The van der Waals surface area contributed by atoms with Gasteiger partial charge in [-0.05, 0) is 48.4 Å². The van der Waals surface area contributed by atoms with E-state index >= 15 is 0 Å². The maximum atomic E-state index is 12.1. The maximum Gasteiger partial charge on any atom is 0.573 e. The number of esters is 1. The highest BCUT2D eigenvalue weighted by atomic mass is 19.4. The van der Waals surface area contributed by atoms with Gasteiger partial charge in [-0.25, -0.2) is 4.79 Å². The first-order valence-electron chi connectivity index (χ1n) is 7.87. The number of nitrogens with one attached hydrogen (secondary N) is 1. The number of nitrogens with zero attached hydrogens (tertiary/aromatic N) is 1. The van der Waals surface area contributed by atoms with Gasteiger partial charge in [-0.1, -0.05) is 12.1 Å². The highest BCUT2D eigenvalue weighted by Crippen LogP contribution is 2.23. The summed E-state index contributed by atoms with van der Waals surface area (Å²) in [7, 11) is 1.32. The van der Waals surface area contributed by atoms with Crippen LogP contribution in [0.4, 0.5) is 18.9 Å². The third-order valence-electron chi connectivity index (χ3n) is 3.42. The minimum Gasteiger partial charge on any atom is -0.465 e. The summed E-state index contributed by atoms with van der Waals surface area (Å²) in [4.78, 5) is 15.5. The number of hydrogen-bond acceptors (Lipinski definition) is 4. The largest absolute Gasteiger partial charge is 0.573 e. The van der Waals surface area contributed by atoms with Crippen molar-refractivity contribution < 1.29 is 27.4 Å². The highest BCUT2D eigenvalue weighted by Gasteiger charge is 2.30. The van der Waals surface area contributed by atoms with Crippen LogP contribution in [-0.2, 0) is 11.2 Å². The number of ether oxygens (including phenoxy) is 2. The average Bonchev–Trinajstić information content (AvgIpc) is 2.62. The Labute approximate surface area is 153 Å². The van der Waals surface area contributed by atoms with Crippen molar-refractivity contribution in [2.45, 2.75) is 12.8 Å². The van der Waals surface area contributed by atoms with Gasteiger partial charge in [0, 0.05) is 12.2 Å². The van der Waals surface area contributed by atoms with Gasteiger partial charge in [-0.3, -0.25) is 4.99 Å². The molecule has 0 saturated heterocycles. The van der Waals surface area contributed by atoms with Crippen LogP contribution in [0.25, 0.3) is 0 Å². The molecule has 9 heteroatoms. The molecule has 0 saturated carbocycles. The minimum absolute atomic E-state index is 0.130. The summed E-state index contributed by atoms with van der Waals surface area (Å²) in [5, 5.41) is 2.78. The average molecular weight is 381 g/mol. The number of carbonyl (C=O) groups is 1. The lowest BCUT2D eigenvalue weighted by Crippen LogP contribution is -2.23. The lowest BCUT2D eigenvalue weighted by molar-refractivity contribution is -0.274. The van der Waals surface area contributed by atoms with E-state index < -0.39 is 12.3 Å². The third-order valence-corrected chi connectivity index (χ3v) is 3.42. The molecule has 0 aliphatic rings. The lowest BCUT2D eigenvalue weighted by Gasteiger charge is -2.10. The molecule has 0 aromatic heterocycles. The molecular formula is C18H18F3N3O3. The molecule has 0 unspecified atom stereocenters. The number of benzene rings is 2. The van der Waals surface area contributed by atoms with Crippen molar-refractivity contribution >= 4 is 17.6 Å². The normalized spacial score (nSPS) is 11.8. The number of alkyl halides is 3. The molecule has 0 atom stereocenters. The van der Waals surface area contributed by atoms with Crippen LogP contribution >= 0.6 is 0 Å². The molecule has 0 heterocycles. The van der Waals surface area contributed by atoms with E-state index in [1.807, 2.05) is 0 Å². The molecule has 2 aromatic carbocycles. The Bertz CT molecular complexity index is 788. The number of anilines is 1. The van der Waals surface area contributed by atoms with Gasteiger partial charge in [0.1, 0.15) is 5.75 Å². The van der Waals surface area contributed by atoms with Crippen LogP contribution in [-0.4, -0.2) is 31.9 Å². The second kappa shape index (κ2) is 8.93. The molecule has 0 bridgehead atoms. The van der Waals surface area contributed by atoms with Crippen molar-refractivity contribution in [1.82, 2.24) is 0 Å². The first kappa shape index (κ1) is 20.1. The summed E-state index contributed by atoms with van der Waals surface area (Å²) in [6.45, 7) is 0.395. The second-order valence-electron chi connectivity index (χ2n) is 5.40. The molecule has 0 radical (unpaired) electrons. The zero-order chi connectivity index (χ0) is 19.9. The number of nitrogens with two attached hydrogens (primary N) is 1. The predicted molar refractivity (Wildman–Crippen MR) is 94.7 cm³/mol. The second-order valence-corrected chi connectivity index (χ2v) is 5.40. The molecule has 2 aromatic rings. The maximum absolute atomic E-state index is 12.1. The van der Waals surface area contributed by atoms with Gasteiger partial charge in [0.15, 0.2) is 5.96 Å². The molecule has 0 aliphatic heterocycles. The monoisotopic (exact) mass is 381 g/mol. The molecule has 2 rings (SSSR count). The number of guanidine groups is 1. The first-order valence-corrected chi connectivity index (χ1v) is 7.87. The summed E-state index contributed by atoms with van der Waals surface area (Å²) < 4.78 is 44.7. The molecule has 0 amide bonds. The number of aliphatic imine (C=N–C) groups is 1. The molecule has 0 fully saturated rings. The Hall–Kier alpha value is -3.23. The SMILES string of the molecule is COC(=O)c1ccc(CCN=C(N)Nc2ccc(OC(F)(F)F)cc2)cc1. The topological polar surface area (TPSA) is 85.9 Å². The first-order chi connectivity index (χ1) is 12.8. The summed E-state index contributed by atoms with van der Waals surface area (Å²) in [6.07, 6.45) is -4.13. The van der Waals surface area contributed by atoms with E-state index in [1.165, 1.54) is 31.4 Å². The van der Waals surface area contributed by atoms with Crippen LogP contribution in [0.15, 0.2) is 53.5 Å². The number of hydrogen-bond donors (Lipinski definition) is 2. The third kappa shape index (κ3) is 6.89. The van der Waals surface area contributed by atoms with E-state index in [1.54, 1.807) is 24.3 Å². The van der Waals surface area contributed by atoms with Gasteiger partial charge >= 0.3 is 12.3 Å².